The molecule has 0 spiro atoms. The Morgan fingerprint density at radius 1 is 1.17 bits per heavy atom. The number of nitrogens with one attached hydrogen (secondary N) is 1. The first-order valence-corrected chi connectivity index (χ1v) is 11.2. The minimum atomic E-state index is -0.217. The van der Waals surface area contributed by atoms with Gasteiger partial charge in [-0.05, 0) is 37.0 Å². The van der Waals surface area contributed by atoms with Crippen molar-refractivity contribution in [1.29, 1.82) is 0 Å². The molecule has 0 atom stereocenters. The van der Waals surface area contributed by atoms with Gasteiger partial charge in [0.15, 0.2) is 10.9 Å². The Kier molecular flexibility index (Phi) is 7.02. The number of aromatic nitrogens is 1. The van der Waals surface area contributed by atoms with Crippen molar-refractivity contribution in [1.82, 2.24) is 9.88 Å². The molecule has 0 unspecified atom stereocenters. The Hall–Kier alpha value is -2.54. The normalized spacial score (nSPS) is 13.3. The number of hydrogen-bond acceptors (Lipinski definition) is 5. The van der Waals surface area contributed by atoms with E-state index in [-0.39, 0.29) is 30.4 Å². The second-order valence-electron chi connectivity index (χ2n) is 8.32. The van der Waals surface area contributed by atoms with Crippen molar-refractivity contribution in [2.75, 3.05) is 11.9 Å². The highest BCUT2D eigenvalue weighted by atomic mass is 32.1. The first-order valence-electron chi connectivity index (χ1n) is 10.4. The second-order valence-corrected chi connectivity index (χ2v) is 9.41. The highest BCUT2D eigenvalue weighted by Crippen LogP contribution is 2.29. The van der Waals surface area contributed by atoms with E-state index in [2.05, 4.69) is 10.3 Å². The van der Waals surface area contributed by atoms with Gasteiger partial charge in [-0.1, -0.05) is 37.3 Å². The van der Waals surface area contributed by atoms with Crippen LogP contribution in [0.1, 0.15) is 65.2 Å². The molecule has 2 heterocycles. The van der Waals surface area contributed by atoms with Gasteiger partial charge in [0.25, 0.3) is 0 Å². The summed E-state index contributed by atoms with van der Waals surface area (Å²) < 4.78 is 0. The molecule has 1 aromatic carbocycles. The summed E-state index contributed by atoms with van der Waals surface area (Å²) in [6.45, 7) is 9.28. The van der Waals surface area contributed by atoms with Gasteiger partial charge in [-0.3, -0.25) is 14.4 Å². The smallest absolute Gasteiger partial charge is 0.226 e. The average molecular weight is 428 g/mol. The Labute approximate surface area is 181 Å². The van der Waals surface area contributed by atoms with Crippen LogP contribution < -0.4 is 5.32 Å². The molecule has 3 rings (SSSR count). The molecule has 6 nitrogen and oxygen atoms in total. The van der Waals surface area contributed by atoms with Crippen molar-refractivity contribution in [3.8, 4) is 0 Å². The number of carbonyl (C=O) groups excluding carboxylic acids is 3. The van der Waals surface area contributed by atoms with Crippen LogP contribution in [-0.2, 0) is 22.6 Å². The van der Waals surface area contributed by atoms with Gasteiger partial charge in [0.05, 0.1) is 12.2 Å². The number of anilines is 1. The van der Waals surface area contributed by atoms with E-state index in [1.165, 1.54) is 11.3 Å². The van der Waals surface area contributed by atoms with Crippen LogP contribution in [0.2, 0.25) is 0 Å². The highest BCUT2D eigenvalue weighted by molar-refractivity contribution is 7.15. The molecule has 0 saturated heterocycles. The second kappa shape index (κ2) is 9.51. The molecule has 0 aliphatic carbocycles. The molecule has 7 heteroatoms. The first-order chi connectivity index (χ1) is 14.2. The van der Waals surface area contributed by atoms with Crippen LogP contribution >= 0.6 is 11.3 Å². The van der Waals surface area contributed by atoms with Gasteiger partial charge in [0.2, 0.25) is 11.8 Å². The number of rotatable bonds is 7. The fourth-order valence-corrected chi connectivity index (χ4v) is 4.45. The van der Waals surface area contributed by atoms with Crippen LogP contribution in [0.4, 0.5) is 5.13 Å². The van der Waals surface area contributed by atoms with Gasteiger partial charge in [0.1, 0.15) is 0 Å². The van der Waals surface area contributed by atoms with Crippen LogP contribution in [0.15, 0.2) is 18.2 Å². The van der Waals surface area contributed by atoms with Gasteiger partial charge >= 0.3 is 0 Å². The molecule has 1 N–H and O–H groups in total. The number of ketones is 1. The number of amides is 2. The molecule has 30 heavy (non-hydrogen) atoms. The molecule has 0 radical (unpaired) electrons. The number of thiazole rings is 1. The van der Waals surface area contributed by atoms with Crippen LogP contribution in [0.25, 0.3) is 0 Å². The van der Waals surface area contributed by atoms with E-state index in [1.807, 2.05) is 50.8 Å². The number of Topliss-reactive ketones (excluding diaryl/α,β-unsaturated/α-hetero) is 1. The van der Waals surface area contributed by atoms with Crippen LogP contribution in [0.5, 0.6) is 0 Å². The van der Waals surface area contributed by atoms with Crippen molar-refractivity contribution in [2.45, 2.75) is 59.9 Å². The maximum atomic E-state index is 12.4. The lowest BCUT2D eigenvalue weighted by molar-refractivity contribution is -0.132. The highest BCUT2D eigenvalue weighted by Gasteiger charge is 2.25. The summed E-state index contributed by atoms with van der Waals surface area (Å²) in [5.74, 6) is 0.248. The predicted octanol–water partition coefficient (Wildman–Crippen LogP) is 4.29. The zero-order chi connectivity index (χ0) is 21.8. The third kappa shape index (κ3) is 5.53. The summed E-state index contributed by atoms with van der Waals surface area (Å²) in [7, 11) is 0. The molecule has 0 saturated carbocycles. The van der Waals surface area contributed by atoms with Crippen LogP contribution in [0.3, 0.4) is 0 Å². The van der Waals surface area contributed by atoms with Gasteiger partial charge in [-0.2, -0.15) is 0 Å². The van der Waals surface area contributed by atoms with Crippen molar-refractivity contribution < 1.29 is 14.4 Å². The van der Waals surface area contributed by atoms with E-state index in [0.717, 1.165) is 21.7 Å². The minimum Gasteiger partial charge on any atom is -0.337 e. The lowest BCUT2D eigenvalue weighted by Crippen LogP contribution is -2.36. The number of carbonyl (C=O) groups is 3. The minimum absolute atomic E-state index is 0.0361. The largest absolute Gasteiger partial charge is 0.337 e. The number of fused-ring (bicyclic) bond motifs is 1. The third-order valence-electron chi connectivity index (χ3n) is 5.32. The van der Waals surface area contributed by atoms with E-state index in [4.69, 9.17) is 0 Å². The number of nitrogens with zero attached hydrogens (tertiary/aromatic N) is 2. The van der Waals surface area contributed by atoms with Gasteiger partial charge < -0.3 is 10.2 Å². The summed E-state index contributed by atoms with van der Waals surface area (Å²) >= 11 is 1.42. The van der Waals surface area contributed by atoms with E-state index >= 15 is 0 Å². The lowest BCUT2D eigenvalue weighted by atomic mass is 10.0. The van der Waals surface area contributed by atoms with Crippen molar-refractivity contribution >= 4 is 34.1 Å². The molecule has 0 bridgehead atoms. The molecule has 160 valence electrons. The van der Waals surface area contributed by atoms with E-state index in [1.54, 1.807) is 0 Å². The summed E-state index contributed by atoms with van der Waals surface area (Å²) in [6.07, 6.45) is 1.54. The fourth-order valence-electron chi connectivity index (χ4n) is 3.41. The quantitative estimate of drug-likeness (QED) is 0.669. The lowest BCUT2D eigenvalue weighted by Gasteiger charge is -2.26. The zero-order valence-electron chi connectivity index (χ0n) is 18.1. The summed E-state index contributed by atoms with van der Waals surface area (Å²) in [4.78, 5) is 44.4. The average Bonchev–Trinajstić information content (AvgIpc) is 3.08. The van der Waals surface area contributed by atoms with Gasteiger partial charge in [-0.25, -0.2) is 4.98 Å². The van der Waals surface area contributed by atoms with Crippen molar-refractivity contribution in [2.24, 2.45) is 5.92 Å². The van der Waals surface area contributed by atoms with E-state index < -0.39 is 0 Å². The van der Waals surface area contributed by atoms with Gasteiger partial charge in [-0.15, -0.1) is 0 Å². The summed E-state index contributed by atoms with van der Waals surface area (Å²) in [5.41, 5.74) is 3.80. The molecule has 1 aromatic heterocycles. The van der Waals surface area contributed by atoms with Crippen LogP contribution in [-0.4, -0.2) is 34.0 Å². The SMILES string of the molecule is Cc1ccc(C(=O)CCC(=O)Nc2nc3c(s2)CN(C(=O)CC(C)C)CC3)cc1C. The maximum Gasteiger partial charge on any atom is 0.226 e. The van der Waals surface area contributed by atoms with Crippen molar-refractivity contribution in [3.63, 3.8) is 0 Å². The van der Waals surface area contributed by atoms with Gasteiger partial charge in [0, 0.05) is 42.7 Å². The molecular weight excluding hydrogens is 398 g/mol. The Morgan fingerprint density at radius 2 is 1.93 bits per heavy atom. The Morgan fingerprint density at radius 3 is 2.63 bits per heavy atom. The monoisotopic (exact) mass is 427 g/mol. The molecule has 0 fully saturated rings. The first kappa shape index (κ1) is 22.2. The standard InChI is InChI=1S/C23H29N3O3S/c1-14(2)11-22(29)26-10-9-18-20(13-26)30-23(24-18)25-21(28)8-7-19(27)17-6-5-15(3)16(4)12-17/h5-6,12,14H,7-11,13H2,1-4H3,(H,24,25,28). The van der Waals surface area contributed by atoms with Crippen LogP contribution in [0, 0.1) is 19.8 Å². The third-order valence-corrected chi connectivity index (χ3v) is 6.32. The fraction of sp³-hybridized carbons (Fsp3) is 0.478. The topological polar surface area (TPSA) is 79.4 Å². The van der Waals surface area contributed by atoms with Crippen molar-refractivity contribution in [3.05, 3.63) is 45.5 Å². The molecular formula is C23H29N3O3S. The van der Waals surface area contributed by atoms with E-state index in [0.29, 0.717) is 42.5 Å². The Bertz CT molecular complexity index is 965. The summed E-state index contributed by atoms with van der Waals surface area (Å²) in [5, 5.41) is 3.36. The predicted molar refractivity (Wildman–Crippen MR) is 119 cm³/mol. The molecule has 1 aliphatic rings. The molecule has 2 amide bonds. The number of aryl methyl sites for hydroxylation is 2. The summed E-state index contributed by atoms with van der Waals surface area (Å²) in [6, 6.07) is 5.61. The Balaban J connectivity index is 1.53. The molecule has 1 aliphatic heterocycles. The number of benzene rings is 1. The number of hydrogen-bond donors (Lipinski definition) is 1. The maximum absolute atomic E-state index is 12.4. The molecule has 2 aromatic rings. The zero-order valence-corrected chi connectivity index (χ0v) is 18.9. The van der Waals surface area contributed by atoms with E-state index in [9.17, 15) is 14.4 Å².